The van der Waals surface area contributed by atoms with E-state index in [4.69, 9.17) is 4.42 Å². The molecule has 0 radical (unpaired) electrons. The molecule has 10 rings (SSSR count). The molecule has 480 valence electrons. The summed E-state index contributed by atoms with van der Waals surface area (Å²) < 4.78 is 37.6. The van der Waals surface area contributed by atoms with Crippen LogP contribution in [0.15, 0.2) is 132 Å². The van der Waals surface area contributed by atoms with E-state index in [1.54, 1.807) is 35.8 Å². The standard InChI is InChI=1S/C70H87N13O7S/c1-9-71-91(88,89)76-57-34-35-59-52(37-39-78(12-4)46-67(85)81-60-25-19-16-22-49(60)28-29-50-30-32-56(43-63(50)81)73-70(87)80(14-6)15-7)40-53-23-17-20-26-61(53)82(65(59)44-57)68(86)47-79(13-5)38-36-51-41-54-31-33-55(72-69-75-74-48(8)90-69)42-64(54)83(62-27-21-18-24-58(51)62)66(84)45-77(10-2)11-3/h16-27,30-35,42-44,51-52,71,76H,9-15,28-29,36-41,45-47H2,1-8H3,(H,72,75)(H,73,87). The predicted molar refractivity (Wildman–Crippen MR) is 362 cm³/mol. The van der Waals surface area contributed by atoms with Gasteiger partial charge in [0.2, 0.25) is 23.6 Å². The number of anilines is 10. The molecule has 4 heterocycles. The maximum absolute atomic E-state index is 15.6. The molecule has 3 aliphatic heterocycles. The minimum atomic E-state index is -3.96. The topological polar surface area (TPSA) is 212 Å². The zero-order chi connectivity index (χ0) is 64.3. The zero-order valence-corrected chi connectivity index (χ0v) is 54.6. The second-order valence-electron chi connectivity index (χ2n) is 23.5. The van der Waals surface area contributed by atoms with Crippen LogP contribution < -0.4 is 34.8 Å². The molecule has 4 N–H and O–H groups in total. The fourth-order valence-corrected chi connectivity index (χ4v) is 13.9. The van der Waals surface area contributed by atoms with E-state index in [9.17, 15) is 18.0 Å². The lowest BCUT2D eigenvalue weighted by Crippen LogP contribution is -2.39. The molecule has 1 aromatic heterocycles. The summed E-state index contributed by atoms with van der Waals surface area (Å²) in [5.74, 6) is -0.0673. The Balaban J connectivity index is 0.926. The molecule has 5 amide bonds. The second kappa shape index (κ2) is 29.7. The molecule has 91 heavy (non-hydrogen) atoms. The van der Waals surface area contributed by atoms with Crippen molar-refractivity contribution in [3.8, 4) is 0 Å². The van der Waals surface area contributed by atoms with Crippen molar-refractivity contribution >= 4 is 91.2 Å². The third-order valence-corrected chi connectivity index (χ3v) is 19.1. The van der Waals surface area contributed by atoms with Gasteiger partial charge in [0.1, 0.15) is 0 Å². The Labute approximate surface area is 536 Å². The van der Waals surface area contributed by atoms with Crippen molar-refractivity contribution in [1.82, 2.24) is 34.5 Å². The summed E-state index contributed by atoms with van der Waals surface area (Å²) >= 11 is 0. The van der Waals surface area contributed by atoms with Gasteiger partial charge in [-0.3, -0.25) is 48.5 Å². The van der Waals surface area contributed by atoms with E-state index >= 15 is 9.59 Å². The van der Waals surface area contributed by atoms with Gasteiger partial charge >= 0.3 is 12.0 Å². The average molecular weight is 1250 g/mol. The molecule has 7 aromatic rings. The highest BCUT2D eigenvalue weighted by Gasteiger charge is 2.36. The number of nitrogens with one attached hydrogen (secondary N) is 4. The predicted octanol–water partition coefficient (Wildman–Crippen LogP) is 11.8. The van der Waals surface area contributed by atoms with Crippen molar-refractivity contribution in [3.05, 3.63) is 167 Å². The molecule has 2 atom stereocenters. The number of benzene rings is 6. The minimum absolute atomic E-state index is 0.0332. The van der Waals surface area contributed by atoms with Gasteiger partial charge in [0.15, 0.2) is 0 Å². The summed E-state index contributed by atoms with van der Waals surface area (Å²) in [7, 11) is -3.96. The summed E-state index contributed by atoms with van der Waals surface area (Å²) in [5, 5.41) is 14.5. The highest BCUT2D eigenvalue weighted by atomic mass is 32.2. The highest BCUT2D eigenvalue weighted by Crippen LogP contribution is 2.46. The number of rotatable bonds is 25. The summed E-state index contributed by atoms with van der Waals surface area (Å²) in [4.78, 5) is 72.4. The normalized spacial score (nSPS) is 15.1. The monoisotopic (exact) mass is 1250 g/mol. The number of fused-ring (bicyclic) bond motifs is 6. The van der Waals surface area contributed by atoms with Crippen LogP contribution in [-0.4, -0.2) is 141 Å². The van der Waals surface area contributed by atoms with Gasteiger partial charge in [-0.1, -0.05) is 113 Å². The number of aromatic nitrogens is 2. The van der Waals surface area contributed by atoms with Crippen molar-refractivity contribution < 1.29 is 32.0 Å². The third kappa shape index (κ3) is 15.1. The number of carbonyl (C=O) groups is 4. The molecule has 3 aliphatic rings. The number of nitrogens with zero attached hydrogens (tertiary/aromatic N) is 9. The lowest BCUT2D eigenvalue weighted by molar-refractivity contribution is -0.119. The van der Waals surface area contributed by atoms with E-state index in [1.807, 2.05) is 115 Å². The molecule has 0 saturated heterocycles. The maximum Gasteiger partial charge on any atom is 0.321 e. The number of aryl methyl sites for hydroxylation is 3. The van der Waals surface area contributed by atoms with Crippen LogP contribution in [0.3, 0.4) is 0 Å². The van der Waals surface area contributed by atoms with Gasteiger partial charge < -0.3 is 20.0 Å². The number of carbonyl (C=O) groups excluding carboxylic acids is 4. The van der Waals surface area contributed by atoms with Crippen LogP contribution in [0.5, 0.6) is 0 Å². The molecule has 2 unspecified atom stereocenters. The molecule has 21 heteroatoms. The maximum atomic E-state index is 15.6. The van der Waals surface area contributed by atoms with Crippen LogP contribution in [0.25, 0.3) is 0 Å². The van der Waals surface area contributed by atoms with Crippen LogP contribution >= 0.6 is 0 Å². The molecule has 0 bridgehead atoms. The fraction of sp³-hybridized carbons (Fsp3) is 0.400. The average Bonchev–Trinajstić information content (AvgIpc) is 1.75. The van der Waals surface area contributed by atoms with Crippen LogP contribution in [0, 0.1) is 6.92 Å². The number of hydrogen-bond donors (Lipinski definition) is 4. The summed E-state index contributed by atoms with van der Waals surface area (Å²) in [6.45, 7) is 21.0. The molecule has 0 saturated carbocycles. The van der Waals surface area contributed by atoms with E-state index in [-0.39, 0.29) is 67.8 Å². The molecular formula is C70H87N13O7S. The summed E-state index contributed by atoms with van der Waals surface area (Å²) in [6.07, 6.45) is 3.98. The Hall–Kier alpha value is -8.47. The first kappa shape index (κ1) is 65.5. The number of hydrogen-bond acceptors (Lipinski definition) is 13. The van der Waals surface area contributed by atoms with Crippen molar-refractivity contribution in [2.75, 3.05) is 109 Å². The van der Waals surface area contributed by atoms with Gasteiger partial charge in [0, 0.05) is 37.9 Å². The molecule has 6 aromatic carbocycles. The third-order valence-electron chi connectivity index (χ3n) is 17.9. The summed E-state index contributed by atoms with van der Waals surface area (Å²) in [6, 6.07) is 41.5. The number of amides is 5. The Bertz CT molecular complexity index is 3850. The molecular weight excluding hydrogens is 1170 g/mol. The molecule has 0 aliphatic carbocycles. The fourth-order valence-electron chi connectivity index (χ4n) is 13.0. The van der Waals surface area contributed by atoms with Gasteiger partial charge in [-0.05, 0) is 191 Å². The number of likely N-dealkylation sites (N-methyl/N-ethyl adjacent to an activating group) is 3. The zero-order valence-electron chi connectivity index (χ0n) is 53.8. The molecule has 0 spiro atoms. The van der Waals surface area contributed by atoms with Gasteiger partial charge in [0.05, 0.1) is 59.4 Å². The lowest BCUT2D eigenvalue weighted by atomic mass is 9.88. The smallest absolute Gasteiger partial charge is 0.321 e. The van der Waals surface area contributed by atoms with Crippen molar-refractivity contribution in [2.24, 2.45) is 0 Å². The lowest BCUT2D eigenvalue weighted by Gasteiger charge is -2.31. The van der Waals surface area contributed by atoms with Crippen LogP contribution in [-0.2, 0) is 50.3 Å². The number of para-hydroxylation sites is 3. The SMILES string of the molecule is CCNS(=O)(=O)Nc1ccc2c(c1)N(C(=O)CN(CC)CCC1Cc3ccc(Nc4nnc(C)o4)cc3N(C(=O)CN(CC)CC)c3ccccc31)c1ccccc1CC2CCN(CC)CC(=O)N1c2ccccc2CCc2ccc(NC(=O)N(CC)CC)cc21. The first-order valence-electron chi connectivity index (χ1n) is 32.3. The second-order valence-corrected chi connectivity index (χ2v) is 25.0. The van der Waals surface area contributed by atoms with Gasteiger partial charge in [0.25, 0.3) is 10.2 Å². The first-order chi connectivity index (χ1) is 44.0. The molecule has 20 nitrogen and oxygen atoms in total. The Morgan fingerprint density at radius 1 is 0.516 bits per heavy atom. The Morgan fingerprint density at radius 3 is 1.59 bits per heavy atom. The minimum Gasteiger partial charge on any atom is -0.408 e. The first-order valence-corrected chi connectivity index (χ1v) is 33.7. The van der Waals surface area contributed by atoms with Crippen LogP contribution in [0.1, 0.15) is 112 Å². The van der Waals surface area contributed by atoms with Crippen molar-refractivity contribution in [2.45, 2.75) is 106 Å². The van der Waals surface area contributed by atoms with Crippen LogP contribution in [0.4, 0.5) is 62.0 Å². The number of urea groups is 1. The summed E-state index contributed by atoms with van der Waals surface area (Å²) in [5.41, 5.74) is 12.1. The van der Waals surface area contributed by atoms with Crippen molar-refractivity contribution in [1.29, 1.82) is 0 Å². The van der Waals surface area contributed by atoms with Crippen LogP contribution in [0.2, 0.25) is 0 Å². The largest absolute Gasteiger partial charge is 0.408 e. The van der Waals surface area contributed by atoms with E-state index in [0.29, 0.717) is 93.6 Å². The quantitative estimate of drug-likeness (QED) is 0.0420. The van der Waals surface area contributed by atoms with E-state index in [0.717, 1.165) is 87.7 Å². The molecule has 0 fully saturated rings. The van der Waals surface area contributed by atoms with Crippen molar-refractivity contribution in [3.63, 3.8) is 0 Å². The highest BCUT2D eigenvalue weighted by molar-refractivity contribution is 7.90. The van der Waals surface area contributed by atoms with E-state index < -0.39 is 10.2 Å². The van der Waals surface area contributed by atoms with Gasteiger partial charge in [-0.2, -0.15) is 13.1 Å². The van der Waals surface area contributed by atoms with Gasteiger partial charge in [-0.25, -0.2) is 4.79 Å². The Kier molecular flexibility index (Phi) is 21.3. The van der Waals surface area contributed by atoms with E-state index in [1.165, 1.54) is 0 Å². The van der Waals surface area contributed by atoms with Gasteiger partial charge in [-0.15, -0.1) is 5.10 Å². The Morgan fingerprint density at radius 2 is 0.989 bits per heavy atom. The van der Waals surface area contributed by atoms with E-state index in [2.05, 4.69) is 96.9 Å².